The van der Waals surface area contributed by atoms with Crippen LogP contribution in [0.1, 0.15) is 10.4 Å². The van der Waals surface area contributed by atoms with Gasteiger partial charge in [0.25, 0.3) is 0 Å². The van der Waals surface area contributed by atoms with Crippen LogP contribution in [0.4, 0.5) is 0 Å². The van der Waals surface area contributed by atoms with Crippen LogP contribution in [0.25, 0.3) is 11.1 Å². The normalized spacial score (nSPS) is 10.2. The lowest BCUT2D eigenvalue weighted by atomic mass is 10.0. The van der Waals surface area contributed by atoms with Gasteiger partial charge >= 0.3 is 0 Å². The number of hydrogen-bond donors (Lipinski definition) is 0. The van der Waals surface area contributed by atoms with Crippen molar-refractivity contribution < 1.29 is 9.53 Å². The van der Waals surface area contributed by atoms with Gasteiger partial charge in [0.1, 0.15) is 5.75 Å². The van der Waals surface area contributed by atoms with Crippen LogP contribution in [0, 0.1) is 0 Å². The van der Waals surface area contributed by atoms with Crippen molar-refractivity contribution >= 4 is 29.5 Å². The molecule has 92 valence electrons. The minimum atomic E-state index is 0.502. The van der Waals surface area contributed by atoms with Gasteiger partial charge in [0, 0.05) is 10.6 Å². The van der Waals surface area contributed by atoms with E-state index >= 15 is 0 Å². The second kappa shape index (κ2) is 5.42. The third kappa shape index (κ3) is 2.50. The molecule has 0 aliphatic heterocycles. The largest absolute Gasteiger partial charge is 0.495 e. The standard InChI is InChI=1S/C14H10Cl2O2/c1-18-14-5-2-9(7-13(14)16)12-4-3-11(15)6-10(12)8-17/h2-8H,1H3. The van der Waals surface area contributed by atoms with Gasteiger partial charge < -0.3 is 4.74 Å². The molecule has 0 amide bonds. The van der Waals surface area contributed by atoms with Gasteiger partial charge in [-0.05, 0) is 35.4 Å². The number of benzene rings is 2. The number of carbonyl (C=O) groups is 1. The molecule has 0 aromatic heterocycles. The lowest BCUT2D eigenvalue weighted by Gasteiger charge is -2.08. The van der Waals surface area contributed by atoms with E-state index < -0.39 is 0 Å². The van der Waals surface area contributed by atoms with E-state index in [1.165, 1.54) is 0 Å². The van der Waals surface area contributed by atoms with Crippen LogP contribution in [0.3, 0.4) is 0 Å². The fraction of sp³-hybridized carbons (Fsp3) is 0.0714. The lowest BCUT2D eigenvalue weighted by Crippen LogP contribution is -1.89. The Hall–Kier alpha value is -1.51. The highest BCUT2D eigenvalue weighted by atomic mass is 35.5. The molecule has 0 fully saturated rings. The summed E-state index contributed by atoms with van der Waals surface area (Å²) in [4.78, 5) is 11.0. The number of rotatable bonds is 3. The summed E-state index contributed by atoms with van der Waals surface area (Å²) in [6.45, 7) is 0. The second-order valence-electron chi connectivity index (χ2n) is 3.70. The maximum absolute atomic E-state index is 11.0. The minimum absolute atomic E-state index is 0.502. The molecule has 0 radical (unpaired) electrons. The predicted octanol–water partition coefficient (Wildman–Crippen LogP) is 4.48. The van der Waals surface area contributed by atoms with Gasteiger partial charge in [0.05, 0.1) is 12.1 Å². The molecule has 0 N–H and O–H groups in total. The first-order chi connectivity index (χ1) is 8.65. The first-order valence-electron chi connectivity index (χ1n) is 5.24. The monoisotopic (exact) mass is 280 g/mol. The van der Waals surface area contributed by atoms with E-state index in [2.05, 4.69) is 0 Å². The molecule has 2 aromatic rings. The zero-order valence-electron chi connectivity index (χ0n) is 9.61. The Morgan fingerprint density at radius 1 is 1.11 bits per heavy atom. The quantitative estimate of drug-likeness (QED) is 0.775. The fourth-order valence-electron chi connectivity index (χ4n) is 1.73. The van der Waals surface area contributed by atoms with E-state index in [1.807, 2.05) is 6.07 Å². The summed E-state index contributed by atoms with van der Waals surface area (Å²) in [6, 6.07) is 10.5. The van der Waals surface area contributed by atoms with E-state index in [1.54, 1.807) is 37.4 Å². The summed E-state index contributed by atoms with van der Waals surface area (Å²) in [5.74, 6) is 0.599. The summed E-state index contributed by atoms with van der Waals surface area (Å²) in [7, 11) is 1.56. The zero-order chi connectivity index (χ0) is 13.1. The summed E-state index contributed by atoms with van der Waals surface area (Å²) >= 11 is 11.9. The van der Waals surface area contributed by atoms with Gasteiger partial charge in [-0.15, -0.1) is 0 Å². The van der Waals surface area contributed by atoms with Crippen LogP contribution < -0.4 is 4.74 Å². The molecule has 0 atom stereocenters. The topological polar surface area (TPSA) is 26.3 Å². The molecule has 0 saturated carbocycles. The predicted molar refractivity (Wildman–Crippen MR) is 73.8 cm³/mol. The molecule has 0 spiro atoms. The molecule has 0 aliphatic carbocycles. The van der Waals surface area contributed by atoms with E-state index in [4.69, 9.17) is 27.9 Å². The summed E-state index contributed by atoms with van der Waals surface area (Å²) < 4.78 is 5.09. The smallest absolute Gasteiger partial charge is 0.150 e. The summed E-state index contributed by atoms with van der Waals surface area (Å²) in [5.41, 5.74) is 2.17. The van der Waals surface area contributed by atoms with Crippen LogP contribution in [-0.4, -0.2) is 13.4 Å². The molecule has 0 saturated heterocycles. The average Bonchev–Trinajstić information content (AvgIpc) is 2.38. The molecule has 2 aromatic carbocycles. The molecule has 0 aliphatic rings. The highest BCUT2D eigenvalue weighted by Gasteiger charge is 2.08. The third-order valence-electron chi connectivity index (χ3n) is 2.60. The number of halogens is 2. The van der Waals surface area contributed by atoms with Crippen molar-refractivity contribution in [3.05, 3.63) is 52.0 Å². The maximum Gasteiger partial charge on any atom is 0.150 e. The van der Waals surface area contributed by atoms with Crippen LogP contribution >= 0.6 is 23.2 Å². The van der Waals surface area contributed by atoms with Crippen molar-refractivity contribution in [2.75, 3.05) is 7.11 Å². The molecule has 0 heterocycles. The Labute approximate surface area is 115 Å². The van der Waals surface area contributed by atoms with E-state index in [0.717, 1.165) is 17.4 Å². The minimum Gasteiger partial charge on any atom is -0.495 e. The number of methoxy groups -OCH3 is 1. The molecular weight excluding hydrogens is 271 g/mol. The van der Waals surface area contributed by atoms with Gasteiger partial charge in [0.15, 0.2) is 6.29 Å². The molecule has 4 heteroatoms. The second-order valence-corrected chi connectivity index (χ2v) is 4.54. The van der Waals surface area contributed by atoms with Crippen molar-refractivity contribution in [3.8, 4) is 16.9 Å². The highest BCUT2D eigenvalue weighted by Crippen LogP contribution is 2.32. The SMILES string of the molecule is COc1ccc(-c2ccc(Cl)cc2C=O)cc1Cl. The van der Waals surface area contributed by atoms with Gasteiger partial charge in [0.2, 0.25) is 0 Å². The summed E-state index contributed by atoms with van der Waals surface area (Å²) in [6.07, 6.45) is 0.777. The van der Waals surface area contributed by atoms with Crippen molar-refractivity contribution in [1.29, 1.82) is 0 Å². The van der Waals surface area contributed by atoms with Crippen LogP contribution in [0.5, 0.6) is 5.75 Å². The Morgan fingerprint density at radius 3 is 2.50 bits per heavy atom. The molecule has 0 bridgehead atoms. The first-order valence-corrected chi connectivity index (χ1v) is 6.00. The van der Waals surface area contributed by atoms with Crippen molar-refractivity contribution in [2.45, 2.75) is 0 Å². The maximum atomic E-state index is 11.0. The molecule has 18 heavy (non-hydrogen) atoms. The first kappa shape index (κ1) is 12.9. The molecule has 2 nitrogen and oxygen atoms in total. The number of hydrogen-bond acceptors (Lipinski definition) is 2. The van der Waals surface area contributed by atoms with E-state index in [9.17, 15) is 4.79 Å². The average molecular weight is 281 g/mol. The Bertz CT molecular complexity index is 594. The van der Waals surface area contributed by atoms with Crippen LogP contribution in [-0.2, 0) is 0 Å². The number of ether oxygens (including phenoxy) is 1. The van der Waals surface area contributed by atoms with E-state index in [-0.39, 0.29) is 0 Å². The highest BCUT2D eigenvalue weighted by molar-refractivity contribution is 6.32. The van der Waals surface area contributed by atoms with Crippen molar-refractivity contribution in [1.82, 2.24) is 0 Å². The van der Waals surface area contributed by atoms with Gasteiger partial charge in [-0.25, -0.2) is 0 Å². The Kier molecular flexibility index (Phi) is 3.90. The Balaban J connectivity index is 2.55. The zero-order valence-corrected chi connectivity index (χ0v) is 11.1. The fourth-order valence-corrected chi connectivity index (χ4v) is 2.17. The molecular formula is C14H10Cl2O2. The van der Waals surface area contributed by atoms with Gasteiger partial charge in [-0.2, -0.15) is 0 Å². The number of aldehydes is 1. The molecule has 2 rings (SSSR count). The van der Waals surface area contributed by atoms with E-state index in [0.29, 0.717) is 21.4 Å². The number of carbonyl (C=O) groups excluding carboxylic acids is 1. The van der Waals surface area contributed by atoms with Crippen LogP contribution in [0.2, 0.25) is 10.0 Å². The van der Waals surface area contributed by atoms with Gasteiger partial charge in [-0.3, -0.25) is 4.79 Å². The van der Waals surface area contributed by atoms with Crippen LogP contribution in [0.15, 0.2) is 36.4 Å². The summed E-state index contributed by atoms with van der Waals surface area (Å²) in [5, 5.41) is 1.03. The van der Waals surface area contributed by atoms with Crippen molar-refractivity contribution in [3.63, 3.8) is 0 Å². The van der Waals surface area contributed by atoms with Gasteiger partial charge in [-0.1, -0.05) is 35.3 Å². The third-order valence-corrected chi connectivity index (χ3v) is 3.13. The molecule has 0 unspecified atom stereocenters. The van der Waals surface area contributed by atoms with Crippen molar-refractivity contribution in [2.24, 2.45) is 0 Å². The lowest BCUT2D eigenvalue weighted by molar-refractivity contribution is 0.112. The Morgan fingerprint density at radius 2 is 1.89 bits per heavy atom.